The highest BCUT2D eigenvalue weighted by molar-refractivity contribution is 7.99. The molecule has 0 aliphatic heterocycles. The minimum absolute atomic E-state index is 0.0137. The van der Waals surface area contributed by atoms with Gasteiger partial charge in [-0.25, -0.2) is 22.9 Å². The molecule has 0 saturated heterocycles. The number of carbonyl (C=O) groups is 1. The van der Waals surface area contributed by atoms with Crippen LogP contribution in [0.1, 0.15) is 5.56 Å². The molecule has 0 bridgehead atoms. The Balaban J connectivity index is 1.64. The van der Waals surface area contributed by atoms with Crippen LogP contribution in [-0.4, -0.2) is 43.8 Å². The van der Waals surface area contributed by atoms with Crippen LogP contribution in [0.2, 0.25) is 0 Å². The van der Waals surface area contributed by atoms with Gasteiger partial charge in [-0.05, 0) is 54.4 Å². The van der Waals surface area contributed by atoms with Gasteiger partial charge < -0.3 is 14.8 Å². The van der Waals surface area contributed by atoms with Crippen molar-refractivity contribution in [2.45, 2.75) is 23.0 Å². The second-order valence-corrected chi connectivity index (χ2v) is 10.9. The van der Waals surface area contributed by atoms with E-state index in [9.17, 15) is 22.4 Å². The summed E-state index contributed by atoms with van der Waals surface area (Å²) >= 11 is 1.07. The number of nitrogens with zero attached hydrogens (tertiary/aromatic N) is 2. The summed E-state index contributed by atoms with van der Waals surface area (Å²) in [6, 6.07) is 14.6. The van der Waals surface area contributed by atoms with E-state index >= 15 is 0 Å². The minimum atomic E-state index is -3.82. The number of benzene rings is 3. The summed E-state index contributed by atoms with van der Waals surface area (Å²) in [4.78, 5) is 30.8. The predicted molar refractivity (Wildman–Crippen MR) is 146 cm³/mol. The molecule has 4 rings (SSSR count). The van der Waals surface area contributed by atoms with Crippen LogP contribution in [0.4, 0.5) is 10.1 Å². The molecular formula is C26H25FN4O6S2. The molecule has 13 heteroatoms. The molecule has 0 aliphatic rings. The number of amides is 1. The number of methoxy groups -OCH3 is 2. The number of rotatable bonds is 10. The number of hydrogen-bond acceptors (Lipinski definition) is 8. The third kappa shape index (κ3) is 6.74. The fourth-order valence-electron chi connectivity index (χ4n) is 3.78. The van der Waals surface area contributed by atoms with Crippen LogP contribution in [0.15, 0.2) is 75.5 Å². The standard InChI is InChI=1S/C26H25FN4O6S2/c1-36-22-13-20-21(14-23(22)37-2)30-26(38-15-24(32)29-18-7-5-17(27)6-8-18)31(25(20)33)12-11-16-3-9-19(10-4-16)39(28,34)35/h3-10,13-14H,11-12,15H2,1-2H3,(H,29,32)(H2,28,34,35). The molecule has 0 spiro atoms. The second-order valence-electron chi connectivity index (χ2n) is 8.36. The number of halogens is 1. The molecule has 4 aromatic rings. The van der Waals surface area contributed by atoms with Gasteiger partial charge in [0.1, 0.15) is 5.82 Å². The van der Waals surface area contributed by atoms with Crippen LogP contribution in [0.25, 0.3) is 10.9 Å². The molecule has 0 unspecified atom stereocenters. The Kier molecular flexibility index (Phi) is 8.53. The summed E-state index contributed by atoms with van der Waals surface area (Å²) in [6.45, 7) is 0.201. The first-order chi connectivity index (χ1) is 18.6. The summed E-state index contributed by atoms with van der Waals surface area (Å²) in [5, 5.41) is 8.45. The number of ether oxygens (including phenoxy) is 2. The van der Waals surface area contributed by atoms with Crippen molar-refractivity contribution < 1.29 is 27.1 Å². The number of primary sulfonamides is 1. The molecule has 204 valence electrons. The van der Waals surface area contributed by atoms with Gasteiger partial charge in [-0.15, -0.1) is 0 Å². The van der Waals surface area contributed by atoms with Gasteiger partial charge in [0.15, 0.2) is 16.7 Å². The Labute approximate surface area is 228 Å². The average molecular weight is 573 g/mol. The molecule has 1 amide bonds. The lowest BCUT2D eigenvalue weighted by Crippen LogP contribution is -2.25. The molecule has 0 saturated carbocycles. The molecule has 0 atom stereocenters. The maximum atomic E-state index is 13.6. The predicted octanol–water partition coefficient (Wildman–Crippen LogP) is 3.17. The smallest absolute Gasteiger partial charge is 0.262 e. The largest absolute Gasteiger partial charge is 0.493 e. The van der Waals surface area contributed by atoms with Crippen LogP contribution in [0, 0.1) is 5.82 Å². The Morgan fingerprint density at radius 1 is 1.05 bits per heavy atom. The van der Waals surface area contributed by atoms with E-state index in [0.29, 0.717) is 39.7 Å². The molecule has 1 aromatic heterocycles. The van der Waals surface area contributed by atoms with Crippen LogP contribution < -0.4 is 25.5 Å². The van der Waals surface area contributed by atoms with E-state index in [1.165, 1.54) is 55.2 Å². The number of fused-ring (bicyclic) bond motifs is 1. The zero-order valence-corrected chi connectivity index (χ0v) is 22.6. The average Bonchev–Trinajstić information content (AvgIpc) is 2.91. The van der Waals surface area contributed by atoms with Gasteiger partial charge in [0.2, 0.25) is 15.9 Å². The van der Waals surface area contributed by atoms with Crippen molar-refractivity contribution in [3.05, 3.63) is 82.4 Å². The summed E-state index contributed by atoms with van der Waals surface area (Å²) in [6.07, 6.45) is 0.376. The van der Waals surface area contributed by atoms with E-state index in [4.69, 9.17) is 14.6 Å². The first-order valence-electron chi connectivity index (χ1n) is 11.6. The number of aromatic nitrogens is 2. The van der Waals surface area contributed by atoms with Gasteiger partial charge in [0.05, 0.1) is 35.8 Å². The second kappa shape index (κ2) is 11.8. The number of hydrogen-bond donors (Lipinski definition) is 2. The normalized spacial score (nSPS) is 11.4. The van der Waals surface area contributed by atoms with Gasteiger partial charge in [0.25, 0.3) is 5.56 Å². The number of thioether (sulfide) groups is 1. The molecular weight excluding hydrogens is 547 g/mol. The zero-order valence-electron chi connectivity index (χ0n) is 21.0. The van der Waals surface area contributed by atoms with E-state index in [1.54, 1.807) is 24.3 Å². The van der Waals surface area contributed by atoms with Gasteiger partial charge in [-0.2, -0.15) is 0 Å². The van der Waals surface area contributed by atoms with Gasteiger partial charge in [-0.1, -0.05) is 23.9 Å². The molecule has 3 aromatic carbocycles. The van der Waals surface area contributed by atoms with Gasteiger partial charge >= 0.3 is 0 Å². The maximum absolute atomic E-state index is 13.6. The molecule has 39 heavy (non-hydrogen) atoms. The van der Waals surface area contributed by atoms with E-state index in [2.05, 4.69) is 10.3 Å². The molecule has 10 nitrogen and oxygen atoms in total. The maximum Gasteiger partial charge on any atom is 0.262 e. The lowest BCUT2D eigenvalue weighted by Gasteiger charge is -2.15. The Morgan fingerprint density at radius 3 is 2.31 bits per heavy atom. The van der Waals surface area contributed by atoms with Crippen LogP contribution in [0.5, 0.6) is 11.5 Å². The fraction of sp³-hybridized carbons (Fsp3) is 0.192. The molecule has 0 radical (unpaired) electrons. The minimum Gasteiger partial charge on any atom is -0.493 e. The lowest BCUT2D eigenvalue weighted by molar-refractivity contribution is -0.113. The van der Waals surface area contributed by atoms with Crippen LogP contribution in [-0.2, 0) is 27.8 Å². The quantitative estimate of drug-likeness (QED) is 0.218. The molecule has 0 fully saturated rings. The van der Waals surface area contributed by atoms with Gasteiger partial charge in [-0.3, -0.25) is 14.2 Å². The number of nitrogens with one attached hydrogen (secondary N) is 1. The van der Waals surface area contributed by atoms with Crippen molar-refractivity contribution in [3.63, 3.8) is 0 Å². The van der Waals surface area contributed by atoms with Crippen molar-refractivity contribution in [2.75, 3.05) is 25.3 Å². The summed E-state index contributed by atoms with van der Waals surface area (Å²) in [7, 11) is -0.887. The van der Waals surface area contributed by atoms with Crippen LogP contribution in [0.3, 0.4) is 0 Å². The Hall–Kier alpha value is -3.94. The van der Waals surface area contributed by atoms with E-state index < -0.39 is 15.8 Å². The SMILES string of the molecule is COc1cc2nc(SCC(=O)Nc3ccc(F)cc3)n(CCc3ccc(S(N)(=O)=O)cc3)c(=O)c2cc1OC. The first kappa shape index (κ1) is 28.1. The Morgan fingerprint density at radius 2 is 1.69 bits per heavy atom. The third-order valence-corrected chi connectivity index (χ3v) is 7.67. The van der Waals surface area contributed by atoms with E-state index in [0.717, 1.165) is 17.3 Å². The van der Waals surface area contributed by atoms with Crippen LogP contribution >= 0.6 is 11.8 Å². The highest BCUT2D eigenvalue weighted by atomic mass is 32.2. The lowest BCUT2D eigenvalue weighted by atomic mass is 10.1. The monoisotopic (exact) mass is 572 g/mol. The third-order valence-electron chi connectivity index (χ3n) is 5.76. The van der Waals surface area contributed by atoms with Crippen molar-refractivity contribution in [3.8, 4) is 11.5 Å². The number of carbonyl (C=O) groups excluding carboxylic acids is 1. The van der Waals surface area contributed by atoms with Crippen molar-refractivity contribution >= 4 is 44.3 Å². The number of aryl methyl sites for hydroxylation is 1. The zero-order chi connectivity index (χ0) is 28.2. The number of sulfonamides is 1. The van der Waals surface area contributed by atoms with E-state index in [-0.39, 0.29) is 28.7 Å². The van der Waals surface area contributed by atoms with Crippen molar-refractivity contribution in [2.24, 2.45) is 5.14 Å². The topological polar surface area (TPSA) is 143 Å². The summed E-state index contributed by atoms with van der Waals surface area (Å²) in [5.41, 5.74) is 1.23. The molecule has 1 heterocycles. The van der Waals surface area contributed by atoms with Crippen molar-refractivity contribution in [1.29, 1.82) is 0 Å². The summed E-state index contributed by atoms with van der Waals surface area (Å²) in [5.74, 6) is -0.0784. The van der Waals surface area contributed by atoms with Gasteiger partial charge in [0, 0.05) is 18.3 Å². The molecule has 0 aliphatic carbocycles. The summed E-state index contributed by atoms with van der Waals surface area (Å²) < 4.78 is 48.4. The number of nitrogens with two attached hydrogens (primary N) is 1. The number of anilines is 1. The first-order valence-corrected chi connectivity index (χ1v) is 14.1. The van der Waals surface area contributed by atoms with Crippen molar-refractivity contribution in [1.82, 2.24) is 9.55 Å². The fourth-order valence-corrected chi connectivity index (χ4v) is 5.12. The molecule has 3 N–H and O–H groups in total. The van der Waals surface area contributed by atoms with E-state index in [1.807, 2.05) is 0 Å². The highest BCUT2D eigenvalue weighted by Gasteiger charge is 2.17. The highest BCUT2D eigenvalue weighted by Crippen LogP contribution is 2.31. The Bertz CT molecular complexity index is 1670.